The van der Waals surface area contributed by atoms with Crippen LogP contribution in [0, 0.1) is 0 Å². The van der Waals surface area contributed by atoms with Crippen molar-refractivity contribution in [2.75, 3.05) is 26.9 Å². The summed E-state index contributed by atoms with van der Waals surface area (Å²) in [6, 6.07) is 3.83. The van der Waals surface area contributed by atoms with Crippen LogP contribution in [-0.4, -0.2) is 38.1 Å². The largest absolute Gasteiger partial charge is 0.481 e. The van der Waals surface area contributed by atoms with Crippen molar-refractivity contribution in [1.29, 1.82) is 0 Å². The van der Waals surface area contributed by atoms with Gasteiger partial charge in [0.1, 0.15) is 0 Å². The van der Waals surface area contributed by atoms with E-state index in [4.69, 9.17) is 14.2 Å². The van der Waals surface area contributed by atoms with Gasteiger partial charge >= 0.3 is 0 Å². The van der Waals surface area contributed by atoms with Crippen molar-refractivity contribution in [3.8, 4) is 5.88 Å². The summed E-state index contributed by atoms with van der Waals surface area (Å²) in [6.45, 7) is 6.60. The maximum Gasteiger partial charge on any atom is 0.212 e. The molecule has 0 saturated heterocycles. The Labute approximate surface area is 108 Å². The zero-order valence-corrected chi connectivity index (χ0v) is 11.3. The molecule has 5 nitrogen and oxygen atoms in total. The predicted molar refractivity (Wildman–Crippen MR) is 69.5 cm³/mol. The molecule has 0 aliphatic carbocycles. The molecule has 1 N–H and O–H groups in total. The third kappa shape index (κ3) is 5.44. The van der Waals surface area contributed by atoms with E-state index in [-0.39, 0.29) is 6.29 Å². The van der Waals surface area contributed by atoms with Gasteiger partial charge in [-0.1, -0.05) is 6.07 Å². The van der Waals surface area contributed by atoms with Crippen LogP contribution >= 0.6 is 0 Å². The lowest BCUT2D eigenvalue weighted by Gasteiger charge is -2.17. The molecule has 0 aromatic carbocycles. The first-order valence-corrected chi connectivity index (χ1v) is 6.23. The molecule has 0 fully saturated rings. The molecular weight excluding hydrogens is 232 g/mol. The number of nitrogens with one attached hydrogen (secondary N) is 1. The van der Waals surface area contributed by atoms with Gasteiger partial charge in [0.2, 0.25) is 5.88 Å². The molecule has 0 aliphatic rings. The molecule has 0 aliphatic heterocycles. The van der Waals surface area contributed by atoms with E-state index >= 15 is 0 Å². The molecule has 1 aromatic heterocycles. The first-order valence-electron chi connectivity index (χ1n) is 6.23. The van der Waals surface area contributed by atoms with Crippen molar-refractivity contribution < 1.29 is 14.2 Å². The van der Waals surface area contributed by atoms with E-state index in [0.29, 0.717) is 25.6 Å². The number of ether oxygens (including phenoxy) is 3. The molecule has 0 unspecified atom stereocenters. The van der Waals surface area contributed by atoms with E-state index in [1.165, 1.54) is 0 Å². The molecule has 0 radical (unpaired) electrons. The van der Waals surface area contributed by atoms with Gasteiger partial charge in [0.15, 0.2) is 6.29 Å². The summed E-state index contributed by atoms with van der Waals surface area (Å²) in [7, 11) is 1.61. The summed E-state index contributed by atoms with van der Waals surface area (Å²) < 4.78 is 15.9. The maximum atomic E-state index is 5.44. The van der Waals surface area contributed by atoms with Crippen LogP contribution in [0.3, 0.4) is 0 Å². The molecule has 1 rings (SSSR count). The predicted octanol–water partition coefficient (Wildman–Crippen LogP) is 1.58. The van der Waals surface area contributed by atoms with E-state index in [9.17, 15) is 0 Å². The Morgan fingerprint density at radius 1 is 1.22 bits per heavy atom. The van der Waals surface area contributed by atoms with Gasteiger partial charge in [0.05, 0.1) is 7.11 Å². The van der Waals surface area contributed by atoms with Gasteiger partial charge in [-0.05, 0) is 19.4 Å². The first-order chi connectivity index (χ1) is 8.80. The lowest BCUT2D eigenvalue weighted by Crippen LogP contribution is -2.31. The minimum Gasteiger partial charge on any atom is -0.481 e. The number of nitrogens with zero attached hydrogens (tertiary/aromatic N) is 1. The topological polar surface area (TPSA) is 52.6 Å². The number of pyridine rings is 1. The summed E-state index contributed by atoms with van der Waals surface area (Å²) in [6.07, 6.45) is 1.61. The Bertz CT molecular complexity index is 311. The summed E-state index contributed by atoms with van der Waals surface area (Å²) >= 11 is 0. The average molecular weight is 254 g/mol. The van der Waals surface area contributed by atoms with E-state index < -0.39 is 0 Å². The lowest BCUT2D eigenvalue weighted by atomic mass is 10.3. The van der Waals surface area contributed by atoms with Gasteiger partial charge < -0.3 is 19.5 Å². The fraction of sp³-hybridized carbons (Fsp3) is 0.615. The normalized spacial score (nSPS) is 10.9. The Morgan fingerprint density at radius 2 is 1.94 bits per heavy atom. The highest BCUT2D eigenvalue weighted by atomic mass is 16.7. The van der Waals surface area contributed by atoms with Gasteiger partial charge in [-0.15, -0.1) is 0 Å². The maximum absolute atomic E-state index is 5.44. The van der Waals surface area contributed by atoms with Crippen LogP contribution in [0.15, 0.2) is 18.3 Å². The Hall–Kier alpha value is -1.17. The standard InChI is InChI=1S/C13H22N2O3/c1-4-17-13(18-5-2)10-14-8-11-6-7-12(16-3)15-9-11/h6-7,9,13-14H,4-5,8,10H2,1-3H3. The lowest BCUT2D eigenvalue weighted by molar-refractivity contribution is -0.133. The van der Waals surface area contributed by atoms with E-state index in [1.807, 2.05) is 26.0 Å². The molecule has 0 atom stereocenters. The fourth-order valence-electron chi connectivity index (χ4n) is 1.51. The Morgan fingerprint density at radius 3 is 2.44 bits per heavy atom. The van der Waals surface area contributed by atoms with E-state index in [0.717, 1.165) is 12.1 Å². The van der Waals surface area contributed by atoms with Crippen molar-refractivity contribution in [1.82, 2.24) is 10.3 Å². The highest BCUT2D eigenvalue weighted by molar-refractivity contribution is 5.17. The van der Waals surface area contributed by atoms with Gasteiger partial charge in [-0.3, -0.25) is 0 Å². The van der Waals surface area contributed by atoms with Crippen LogP contribution in [0.2, 0.25) is 0 Å². The molecule has 0 saturated carbocycles. The van der Waals surface area contributed by atoms with Crippen LogP contribution in [0.4, 0.5) is 0 Å². The smallest absolute Gasteiger partial charge is 0.212 e. The molecule has 18 heavy (non-hydrogen) atoms. The number of hydrogen-bond donors (Lipinski definition) is 1. The number of hydrogen-bond acceptors (Lipinski definition) is 5. The van der Waals surface area contributed by atoms with Crippen molar-refractivity contribution in [2.45, 2.75) is 26.7 Å². The molecule has 0 amide bonds. The molecule has 1 heterocycles. The van der Waals surface area contributed by atoms with Crippen LogP contribution < -0.4 is 10.1 Å². The second-order valence-corrected chi connectivity index (χ2v) is 3.68. The van der Waals surface area contributed by atoms with Gasteiger partial charge in [0.25, 0.3) is 0 Å². The molecule has 0 bridgehead atoms. The number of aromatic nitrogens is 1. The molecule has 5 heteroatoms. The van der Waals surface area contributed by atoms with Crippen molar-refractivity contribution in [3.63, 3.8) is 0 Å². The van der Waals surface area contributed by atoms with Crippen LogP contribution in [0.1, 0.15) is 19.4 Å². The number of methoxy groups -OCH3 is 1. The minimum absolute atomic E-state index is 0.189. The second kappa shape index (κ2) is 8.85. The summed E-state index contributed by atoms with van der Waals surface area (Å²) in [5.74, 6) is 0.625. The highest BCUT2D eigenvalue weighted by Gasteiger charge is 2.06. The van der Waals surface area contributed by atoms with Crippen molar-refractivity contribution in [3.05, 3.63) is 23.9 Å². The minimum atomic E-state index is -0.189. The van der Waals surface area contributed by atoms with Crippen molar-refractivity contribution >= 4 is 0 Å². The molecular formula is C13H22N2O3. The summed E-state index contributed by atoms with van der Waals surface area (Å²) in [4.78, 5) is 4.14. The Kier molecular flexibility index (Phi) is 7.32. The van der Waals surface area contributed by atoms with Crippen LogP contribution in [0.25, 0.3) is 0 Å². The number of rotatable bonds is 9. The third-order valence-electron chi connectivity index (χ3n) is 2.35. The van der Waals surface area contributed by atoms with E-state index in [2.05, 4.69) is 10.3 Å². The average Bonchev–Trinajstić information content (AvgIpc) is 2.40. The zero-order valence-electron chi connectivity index (χ0n) is 11.3. The summed E-state index contributed by atoms with van der Waals surface area (Å²) in [5.41, 5.74) is 1.10. The highest BCUT2D eigenvalue weighted by Crippen LogP contribution is 2.06. The molecule has 1 aromatic rings. The van der Waals surface area contributed by atoms with Gasteiger partial charge in [0, 0.05) is 38.6 Å². The second-order valence-electron chi connectivity index (χ2n) is 3.68. The monoisotopic (exact) mass is 254 g/mol. The fourth-order valence-corrected chi connectivity index (χ4v) is 1.51. The quantitative estimate of drug-likeness (QED) is 0.678. The molecule has 102 valence electrons. The van der Waals surface area contributed by atoms with Gasteiger partial charge in [-0.2, -0.15) is 0 Å². The first kappa shape index (κ1) is 14.9. The zero-order chi connectivity index (χ0) is 13.2. The van der Waals surface area contributed by atoms with Crippen molar-refractivity contribution in [2.24, 2.45) is 0 Å². The van der Waals surface area contributed by atoms with Crippen LogP contribution in [-0.2, 0) is 16.0 Å². The summed E-state index contributed by atoms with van der Waals surface area (Å²) in [5, 5.41) is 3.28. The van der Waals surface area contributed by atoms with Gasteiger partial charge in [-0.25, -0.2) is 4.98 Å². The SMILES string of the molecule is CCOC(CNCc1ccc(OC)nc1)OCC. The third-order valence-corrected chi connectivity index (χ3v) is 2.35. The Balaban J connectivity index is 2.30. The van der Waals surface area contributed by atoms with Crippen LogP contribution in [0.5, 0.6) is 5.88 Å². The van der Waals surface area contributed by atoms with E-state index in [1.54, 1.807) is 13.3 Å². The molecule has 0 spiro atoms.